The number of ether oxygens (including phenoxy) is 1. The molecule has 3 nitrogen and oxygen atoms in total. The highest BCUT2D eigenvalue weighted by Crippen LogP contribution is 2.26. The zero-order chi connectivity index (χ0) is 15.9. The van der Waals surface area contributed by atoms with Crippen molar-refractivity contribution in [3.63, 3.8) is 0 Å². The predicted molar refractivity (Wildman–Crippen MR) is 88.2 cm³/mol. The largest absolute Gasteiger partial charge is 0.462 e. The molecular formula is C18H17NO2S. The van der Waals surface area contributed by atoms with Crippen LogP contribution in [0.25, 0.3) is 0 Å². The van der Waals surface area contributed by atoms with Gasteiger partial charge >= 0.3 is 5.97 Å². The van der Waals surface area contributed by atoms with Crippen molar-refractivity contribution >= 4 is 18.6 Å². The summed E-state index contributed by atoms with van der Waals surface area (Å²) in [5.41, 5.74) is 3.36. The van der Waals surface area contributed by atoms with E-state index in [1.807, 2.05) is 36.4 Å². The molecule has 2 aromatic carbocycles. The lowest BCUT2D eigenvalue weighted by Gasteiger charge is -2.13. The molecule has 2 rings (SSSR count). The summed E-state index contributed by atoms with van der Waals surface area (Å²) >= 11 is 4.46. The standard InChI is InChI=1S/C18H17NO2S/c1-2-21-18(20)16-9-8-14(15(10-11-19)17(16)22)12-13-6-4-3-5-7-13/h3-9,22H,2,10,12H2,1H3. The van der Waals surface area contributed by atoms with E-state index in [0.29, 0.717) is 23.5 Å². The summed E-state index contributed by atoms with van der Waals surface area (Å²) in [6, 6.07) is 15.7. The van der Waals surface area contributed by atoms with Crippen LogP contribution in [0, 0.1) is 11.3 Å². The third-order valence-electron chi connectivity index (χ3n) is 3.37. The average molecular weight is 311 g/mol. The maximum atomic E-state index is 11.9. The fourth-order valence-electron chi connectivity index (χ4n) is 2.31. The number of hydrogen-bond donors (Lipinski definition) is 1. The highest BCUT2D eigenvalue weighted by Gasteiger charge is 2.16. The van der Waals surface area contributed by atoms with E-state index < -0.39 is 5.97 Å². The lowest BCUT2D eigenvalue weighted by molar-refractivity contribution is 0.0522. The highest BCUT2D eigenvalue weighted by molar-refractivity contribution is 7.80. The van der Waals surface area contributed by atoms with Gasteiger partial charge in [-0.25, -0.2) is 4.79 Å². The van der Waals surface area contributed by atoms with Gasteiger partial charge in [0.2, 0.25) is 0 Å². The van der Waals surface area contributed by atoms with Gasteiger partial charge in [0.15, 0.2) is 0 Å². The van der Waals surface area contributed by atoms with Gasteiger partial charge in [0, 0.05) is 4.90 Å². The number of carbonyl (C=O) groups excluding carboxylic acids is 1. The van der Waals surface area contributed by atoms with Crippen molar-refractivity contribution in [3.8, 4) is 6.07 Å². The van der Waals surface area contributed by atoms with Crippen molar-refractivity contribution < 1.29 is 9.53 Å². The monoisotopic (exact) mass is 311 g/mol. The smallest absolute Gasteiger partial charge is 0.339 e. The average Bonchev–Trinajstić information content (AvgIpc) is 2.52. The summed E-state index contributed by atoms with van der Waals surface area (Å²) in [7, 11) is 0. The topological polar surface area (TPSA) is 50.1 Å². The van der Waals surface area contributed by atoms with Crippen LogP contribution in [0.4, 0.5) is 0 Å². The van der Waals surface area contributed by atoms with Crippen molar-refractivity contribution in [3.05, 3.63) is 64.7 Å². The van der Waals surface area contributed by atoms with Gasteiger partial charge in [-0.05, 0) is 36.1 Å². The SMILES string of the molecule is CCOC(=O)c1ccc(Cc2ccccc2)c(CC#N)c1S. The molecule has 0 aliphatic heterocycles. The molecule has 22 heavy (non-hydrogen) atoms. The van der Waals surface area contributed by atoms with E-state index in [9.17, 15) is 4.79 Å². The molecule has 0 N–H and O–H groups in total. The van der Waals surface area contributed by atoms with Gasteiger partial charge in [-0.3, -0.25) is 0 Å². The lowest BCUT2D eigenvalue weighted by Crippen LogP contribution is -2.08. The van der Waals surface area contributed by atoms with Crippen molar-refractivity contribution in [2.75, 3.05) is 6.61 Å². The summed E-state index contributed by atoms with van der Waals surface area (Å²) in [4.78, 5) is 12.5. The molecule has 0 spiro atoms. The van der Waals surface area contributed by atoms with E-state index in [0.717, 1.165) is 16.7 Å². The Labute approximate surface area is 136 Å². The Morgan fingerprint density at radius 3 is 2.59 bits per heavy atom. The van der Waals surface area contributed by atoms with Crippen LogP contribution in [0.1, 0.15) is 34.0 Å². The minimum atomic E-state index is -0.405. The first-order valence-corrected chi connectivity index (χ1v) is 7.53. The zero-order valence-corrected chi connectivity index (χ0v) is 13.3. The maximum absolute atomic E-state index is 11.9. The maximum Gasteiger partial charge on any atom is 0.339 e. The van der Waals surface area contributed by atoms with E-state index in [1.54, 1.807) is 13.0 Å². The molecule has 112 valence electrons. The highest BCUT2D eigenvalue weighted by atomic mass is 32.1. The first kappa shape index (κ1) is 16.1. The van der Waals surface area contributed by atoms with Crippen molar-refractivity contribution in [2.45, 2.75) is 24.7 Å². The fourth-order valence-corrected chi connectivity index (χ4v) is 2.70. The quantitative estimate of drug-likeness (QED) is 0.675. The van der Waals surface area contributed by atoms with Crippen LogP contribution in [0.3, 0.4) is 0 Å². The number of esters is 1. The van der Waals surface area contributed by atoms with Crippen LogP contribution in [0.15, 0.2) is 47.4 Å². The van der Waals surface area contributed by atoms with Crippen LogP contribution >= 0.6 is 12.6 Å². The minimum absolute atomic E-state index is 0.217. The van der Waals surface area contributed by atoms with Crippen LogP contribution in [0.2, 0.25) is 0 Å². The van der Waals surface area contributed by atoms with Gasteiger partial charge in [-0.1, -0.05) is 36.4 Å². The van der Waals surface area contributed by atoms with Crippen molar-refractivity contribution in [1.82, 2.24) is 0 Å². The molecule has 0 radical (unpaired) electrons. The normalized spacial score (nSPS) is 10.0. The number of nitriles is 1. The number of benzene rings is 2. The predicted octanol–water partition coefficient (Wildman–Crippen LogP) is 3.81. The molecular weight excluding hydrogens is 294 g/mol. The first-order chi connectivity index (χ1) is 10.7. The van der Waals surface area contributed by atoms with Gasteiger partial charge in [0.05, 0.1) is 24.7 Å². The van der Waals surface area contributed by atoms with Crippen molar-refractivity contribution in [1.29, 1.82) is 5.26 Å². The Bertz CT molecular complexity index is 705. The first-order valence-electron chi connectivity index (χ1n) is 7.09. The van der Waals surface area contributed by atoms with Crippen LogP contribution in [0.5, 0.6) is 0 Å². The molecule has 0 aliphatic carbocycles. The molecule has 0 bridgehead atoms. The number of carbonyl (C=O) groups is 1. The second-order valence-electron chi connectivity index (χ2n) is 4.82. The van der Waals surface area contributed by atoms with Crippen LogP contribution < -0.4 is 0 Å². The number of nitrogens with zero attached hydrogens (tertiary/aromatic N) is 1. The summed E-state index contributed by atoms with van der Waals surface area (Å²) < 4.78 is 5.03. The van der Waals surface area contributed by atoms with Gasteiger partial charge < -0.3 is 4.74 Å². The van der Waals surface area contributed by atoms with Gasteiger partial charge in [-0.15, -0.1) is 12.6 Å². The third kappa shape index (κ3) is 3.69. The molecule has 0 saturated heterocycles. The van der Waals surface area contributed by atoms with Crippen LogP contribution in [-0.4, -0.2) is 12.6 Å². The number of hydrogen-bond acceptors (Lipinski definition) is 4. The van der Waals surface area contributed by atoms with Gasteiger partial charge in [0.1, 0.15) is 0 Å². The minimum Gasteiger partial charge on any atom is -0.462 e. The van der Waals surface area contributed by atoms with Gasteiger partial charge in [-0.2, -0.15) is 5.26 Å². The summed E-state index contributed by atoms with van der Waals surface area (Å²) in [5, 5.41) is 9.07. The van der Waals surface area contributed by atoms with E-state index in [4.69, 9.17) is 10.00 Å². The molecule has 0 fully saturated rings. The second kappa shape index (κ2) is 7.67. The third-order valence-corrected chi connectivity index (χ3v) is 3.88. The summed E-state index contributed by atoms with van der Waals surface area (Å²) in [6.45, 7) is 2.07. The summed E-state index contributed by atoms with van der Waals surface area (Å²) in [5.74, 6) is -0.405. The number of thiol groups is 1. The van der Waals surface area contributed by atoms with Crippen molar-refractivity contribution in [2.24, 2.45) is 0 Å². The van der Waals surface area contributed by atoms with E-state index in [-0.39, 0.29) is 6.42 Å². The summed E-state index contributed by atoms with van der Waals surface area (Å²) in [6.07, 6.45) is 0.919. The Morgan fingerprint density at radius 1 is 1.23 bits per heavy atom. The van der Waals surface area contributed by atoms with E-state index in [2.05, 4.69) is 18.7 Å². The molecule has 0 atom stereocenters. The Morgan fingerprint density at radius 2 is 1.95 bits per heavy atom. The Balaban J connectivity index is 2.41. The second-order valence-corrected chi connectivity index (χ2v) is 5.26. The Kier molecular flexibility index (Phi) is 5.62. The molecule has 0 heterocycles. The molecule has 2 aromatic rings. The van der Waals surface area contributed by atoms with E-state index in [1.165, 1.54) is 0 Å². The lowest BCUT2D eigenvalue weighted by atomic mass is 9.96. The van der Waals surface area contributed by atoms with Crippen LogP contribution in [-0.2, 0) is 17.6 Å². The molecule has 0 unspecified atom stereocenters. The molecule has 0 amide bonds. The molecule has 0 saturated carbocycles. The molecule has 0 aromatic heterocycles. The van der Waals surface area contributed by atoms with E-state index >= 15 is 0 Å². The Hall–Kier alpha value is -2.25. The fraction of sp³-hybridized carbons (Fsp3) is 0.222. The van der Waals surface area contributed by atoms with Gasteiger partial charge in [0.25, 0.3) is 0 Å². The molecule has 0 aliphatic rings. The zero-order valence-electron chi connectivity index (χ0n) is 12.4. The molecule has 4 heteroatoms. The number of rotatable bonds is 5.